The van der Waals surface area contributed by atoms with Crippen molar-refractivity contribution in [3.63, 3.8) is 0 Å². The number of hydrogen-bond acceptors (Lipinski definition) is 4. The van der Waals surface area contributed by atoms with E-state index in [1.807, 2.05) is 54.6 Å². The fraction of sp³-hybridized carbons (Fsp3) is 0.391. The van der Waals surface area contributed by atoms with Crippen LogP contribution in [-0.2, 0) is 9.53 Å². The highest BCUT2D eigenvalue weighted by Gasteiger charge is 2.27. The number of nitrogens with zero attached hydrogens (tertiary/aromatic N) is 1. The van der Waals surface area contributed by atoms with Crippen LogP contribution < -0.4 is 15.0 Å². The molecule has 1 saturated heterocycles. The van der Waals surface area contributed by atoms with E-state index in [9.17, 15) is 9.59 Å². The Kier molecular flexibility index (Phi) is 7.68. The zero-order valence-electron chi connectivity index (χ0n) is 17.6. The molecule has 3 rings (SSSR count). The molecule has 1 aliphatic heterocycles. The van der Waals surface area contributed by atoms with Crippen molar-refractivity contribution in [2.24, 2.45) is 0 Å². The van der Waals surface area contributed by atoms with Crippen molar-refractivity contribution >= 4 is 12.0 Å². The highest BCUT2D eigenvalue weighted by atomic mass is 16.6. The van der Waals surface area contributed by atoms with Crippen molar-refractivity contribution in [3.05, 3.63) is 65.7 Å². The minimum Gasteiger partial charge on any atom is -0.497 e. The van der Waals surface area contributed by atoms with Crippen LogP contribution in [0.1, 0.15) is 24.1 Å². The number of rotatable bonds is 7. The lowest BCUT2D eigenvalue weighted by atomic mass is 9.98. The second-order valence-electron chi connectivity index (χ2n) is 7.30. The van der Waals surface area contributed by atoms with E-state index in [1.54, 1.807) is 18.9 Å². The van der Waals surface area contributed by atoms with Gasteiger partial charge in [-0.15, -0.1) is 0 Å². The molecule has 0 radical (unpaired) electrons. The smallest absolute Gasteiger partial charge is 0.410 e. The van der Waals surface area contributed by atoms with Crippen molar-refractivity contribution in [2.45, 2.75) is 13.0 Å². The Hall–Kier alpha value is -3.06. The van der Waals surface area contributed by atoms with Gasteiger partial charge < -0.3 is 19.7 Å². The number of ether oxygens (including phenoxy) is 2. The van der Waals surface area contributed by atoms with Crippen molar-refractivity contribution in [2.75, 3.05) is 46.4 Å². The summed E-state index contributed by atoms with van der Waals surface area (Å²) in [5.74, 6) is 0.764. The molecular weight excluding hydrogens is 382 g/mol. The van der Waals surface area contributed by atoms with Gasteiger partial charge in [-0.1, -0.05) is 42.5 Å². The zero-order chi connectivity index (χ0) is 21.3. The first-order valence-corrected chi connectivity index (χ1v) is 10.3. The summed E-state index contributed by atoms with van der Waals surface area (Å²) in [4.78, 5) is 27.6. The third kappa shape index (κ3) is 5.73. The number of carbonyl (C=O) groups is 2. The van der Waals surface area contributed by atoms with Crippen molar-refractivity contribution in [1.29, 1.82) is 0 Å². The van der Waals surface area contributed by atoms with Crippen molar-refractivity contribution in [1.82, 2.24) is 10.2 Å². The van der Waals surface area contributed by atoms with E-state index in [-0.39, 0.29) is 18.0 Å². The van der Waals surface area contributed by atoms with Gasteiger partial charge in [0.2, 0.25) is 0 Å². The van der Waals surface area contributed by atoms with E-state index in [2.05, 4.69) is 5.32 Å². The van der Waals surface area contributed by atoms with Gasteiger partial charge in [0, 0.05) is 0 Å². The highest BCUT2D eigenvalue weighted by Crippen LogP contribution is 2.24. The normalized spacial score (nSPS) is 15.3. The zero-order valence-corrected chi connectivity index (χ0v) is 17.6. The van der Waals surface area contributed by atoms with E-state index in [0.29, 0.717) is 26.2 Å². The van der Waals surface area contributed by atoms with Gasteiger partial charge in [0.05, 0.1) is 45.9 Å². The highest BCUT2D eigenvalue weighted by molar-refractivity contribution is 5.78. The maximum absolute atomic E-state index is 12.8. The number of nitrogens with one attached hydrogen (secondary N) is 2. The first-order valence-electron chi connectivity index (χ1n) is 10.3. The van der Waals surface area contributed by atoms with Gasteiger partial charge in [0.25, 0.3) is 5.91 Å². The van der Waals surface area contributed by atoms with Crippen LogP contribution in [0.25, 0.3) is 0 Å². The molecule has 0 aromatic heterocycles. The number of quaternary nitrogens is 1. The average Bonchev–Trinajstić information content (AvgIpc) is 2.79. The molecule has 0 saturated carbocycles. The Balaban J connectivity index is 1.62. The van der Waals surface area contributed by atoms with Crippen LogP contribution in [0, 0.1) is 0 Å². The molecule has 0 unspecified atom stereocenters. The number of amides is 2. The van der Waals surface area contributed by atoms with Gasteiger partial charge in [-0.05, 0) is 30.2 Å². The summed E-state index contributed by atoms with van der Waals surface area (Å²) in [5.41, 5.74) is 2.02. The lowest BCUT2D eigenvalue weighted by Crippen LogP contribution is -3.15. The van der Waals surface area contributed by atoms with E-state index >= 15 is 0 Å². The standard InChI is InChI=1S/C23H29N3O4/c1-3-30-23(28)26-15-13-25(14-16-26)17-21(27)24-22(18-7-5-4-6-8-18)19-9-11-20(29-2)12-10-19/h4-12,22H,3,13-17H2,1-2H3,(H,24,27)/p+1/t22-/m0/s1. The Labute approximate surface area is 177 Å². The van der Waals surface area contributed by atoms with Crippen LogP contribution in [0.3, 0.4) is 0 Å². The van der Waals surface area contributed by atoms with Crippen LogP contribution in [0.15, 0.2) is 54.6 Å². The molecule has 160 valence electrons. The molecule has 0 bridgehead atoms. The fourth-order valence-electron chi connectivity index (χ4n) is 3.64. The van der Waals surface area contributed by atoms with Crippen LogP contribution in [0.5, 0.6) is 5.75 Å². The van der Waals surface area contributed by atoms with Gasteiger partial charge in [0.15, 0.2) is 6.54 Å². The third-order valence-electron chi connectivity index (χ3n) is 5.29. The Bertz CT molecular complexity index is 818. The molecular formula is C23H30N3O4+. The summed E-state index contributed by atoms with van der Waals surface area (Å²) in [5, 5.41) is 3.18. The van der Waals surface area contributed by atoms with Gasteiger partial charge in [-0.25, -0.2) is 4.79 Å². The summed E-state index contributed by atoms with van der Waals surface area (Å²) >= 11 is 0. The molecule has 2 amide bonds. The Morgan fingerprint density at radius 1 is 1.03 bits per heavy atom. The van der Waals surface area contributed by atoms with E-state index < -0.39 is 0 Å². The topological polar surface area (TPSA) is 72.3 Å². The molecule has 7 heteroatoms. The maximum atomic E-state index is 12.8. The SMILES string of the molecule is CCOC(=O)N1CC[NH+](CC(=O)N[C@@H](c2ccccc2)c2ccc(OC)cc2)CC1. The fourth-order valence-corrected chi connectivity index (χ4v) is 3.64. The lowest BCUT2D eigenvalue weighted by Gasteiger charge is -2.31. The van der Waals surface area contributed by atoms with Gasteiger partial charge in [-0.3, -0.25) is 9.69 Å². The predicted octanol–water partition coefficient (Wildman–Crippen LogP) is 1.26. The third-order valence-corrected chi connectivity index (χ3v) is 5.29. The van der Waals surface area contributed by atoms with Gasteiger partial charge >= 0.3 is 6.09 Å². The Morgan fingerprint density at radius 2 is 1.67 bits per heavy atom. The van der Waals surface area contributed by atoms with Crippen LogP contribution >= 0.6 is 0 Å². The van der Waals surface area contributed by atoms with E-state index in [0.717, 1.165) is 34.9 Å². The number of methoxy groups -OCH3 is 1. The number of benzene rings is 2. The summed E-state index contributed by atoms with van der Waals surface area (Å²) < 4.78 is 10.3. The molecule has 0 aliphatic carbocycles. The summed E-state index contributed by atoms with van der Waals surface area (Å²) in [7, 11) is 1.63. The molecule has 0 spiro atoms. The van der Waals surface area contributed by atoms with Crippen LogP contribution in [-0.4, -0.2) is 63.3 Å². The molecule has 30 heavy (non-hydrogen) atoms. The number of carbonyl (C=O) groups excluding carboxylic acids is 2. The van der Waals surface area contributed by atoms with Crippen LogP contribution in [0.4, 0.5) is 4.79 Å². The summed E-state index contributed by atoms with van der Waals surface area (Å²) in [6.45, 7) is 5.20. The van der Waals surface area contributed by atoms with Crippen molar-refractivity contribution in [3.8, 4) is 5.75 Å². The second kappa shape index (κ2) is 10.6. The number of hydrogen-bond donors (Lipinski definition) is 2. The molecule has 1 aliphatic rings. The molecule has 1 fully saturated rings. The van der Waals surface area contributed by atoms with Gasteiger partial charge in [-0.2, -0.15) is 0 Å². The minimum atomic E-state index is -0.273. The van der Waals surface area contributed by atoms with Gasteiger partial charge in [0.1, 0.15) is 5.75 Å². The minimum absolute atomic E-state index is 0.0146. The predicted molar refractivity (Wildman–Crippen MR) is 114 cm³/mol. The molecule has 2 aromatic rings. The quantitative estimate of drug-likeness (QED) is 0.718. The maximum Gasteiger partial charge on any atom is 0.410 e. The lowest BCUT2D eigenvalue weighted by molar-refractivity contribution is -0.896. The summed E-state index contributed by atoms with van der Waals surface area (Å²) in [6, 6.07) is 17.4. The van der Waals surface area contributed by atoms with Crippen molar-refractivity contribution < 1.29 is 24.0 Å². The second-order valence-corrected chi connectivity index (χ2v) is 7.30. The average molecular weight is 413 g/mol. The molecule has 1 heterocycles. The molecule has 2 aromatic carbocycles. The molecule has 7 nitrogen and oxygen atoms in total. The first kappa shape index (κ1) is 21.6. The largest absolute Gasteiger partial charge is 0.497 e. The first-order chi connectivity index (χ1) is 14.6. The van der Waals surface area contributed by atoms with Crippen LogP contribution in [0.2, 0.25) is 0 Å². The number of piperazine rings is 1. The summed E-state index contributed by atoms with van der Waals surface area (Å²) in [6.07, 6.45) is -0.273. The molecule has 2 N–H and O–H groups in total. The Morgan fingerprint density at radius 3 is 2.27 bits per heavy atom. The van der Waals surface area contributed by atoms with E-state index in [4.69, 9.17) is 9.47 Å². The van der Waals surface area contributed by atoms with E-state index in [1.165, 1.54) is 0 Å². The molecule has 1 atom stereocenters. The monoisotopic (exact) mass is 412 g/mol.